The number of nitrogens with two attached hydrogens (primary N) is 1. The minimum absolute atomic E-state index is 0. The number of para-hydroxylation sites is 2. The Labute approximate surface area is 93.5 Å². The molecule has 0 radical (unpaired) electrons. The maximum atomic E-state index is 6.11. The highest BCUT2D eigenvalue weighted by atomic mass is 14.7. The summed E-state index contributed by atoms with van der Waals surface area (Å²) < 4.78 is 0. The molecular weight excluding hydrogens is 198 g/mol. The Balaban J connectivity index is 0.000000963. The Hall–Kier alpha value is -2.13. The van der Waals surface area contributed by atoms with Crippen LogP contribution >= 0.6 is 0 Å². The van der Waals surface area contributed by atoms with Gasteiger partial charge in [-0.15, -0.1) is 0 Å². The molecule has 3 aromatic rings. The summed E-state index contributed by atoms with van der Waals surface area (Å²) in [6, 6.07) is 15.9. The van der Waals surface area contributed by atoms with Gasteiger partial charge in [-0.3, -0.25) is 0 Å². The largest absolute Gasteiger partial charge is 0.398 e. The summed E-state index contributed by atoms with van der Waals surface area (Å²) in [7, 11) is 0. The second-order valence-corrected chi connectivity index (χ2v) is 3.56. The van der Waals surface area contributed by atoms with Crippen molar-refractivity contribution in [1.82, 2.24) is 11.1 Å². The van der Waals surface area contributed by atoms with E-state index in [1.807, 2.05) is 48.5 Å². The van der Waals surface area contributed by atoms with Crippen LogP contribution in [0, 0.1) is 0 Å². The van der Waals surface area contributed by atoms with E-state index in [2.05, 4.69) is 4.98 Å². The number of aromatic nitrogens is 1. The molecule has 0 saturated carbocycles. The summed E-state index contributed by atoms with van der Waals surface area (Å²) >= 11 is 0. The first-order chi connectivity index (χ1) is 7.36. The Bertz CT molecular complexity index is 593. The van der Waals surface area contributed by atoms with Crippen LogP contribution in [-0.4, -0.2) is 4.98 Å². The van der Waals surface area contributed by atoms with Crippen LogP contribution in [-0.2, 0) is 0 Å². The summed E-state index contributed by atoms with van der Waals surface area (Å²) in [6.45, 7) is 0. The van der Waals surface area contributed by atoms with Crippen molar-refractivity contribution >= 4 is 27.5 Å². The van der Waals surface area contributed by atoms with Crippen molar-refractivity contribution in [1.29, 1.82) is 0 Å². The first kappa shape index (κ1) is 10.4. The normalized spacial score (nSPS) is 10.2. The number of anilines is 1. The van der Waals surface area contributed by atoms with Crippen molar-refractivity contribution in [3.05, 3.63) is 48.5 Å². The van der Waals surface area contributed by atoms with Crippen molar-refractivity contribution in [2.75, 3.05) is 5.73 Å². The van der Waals surface area contributed by atoms with E-state index in [4.69, 9.17) is 5.73 Å². The number of hydrogen-bond acceptors (Lipinski definition) is 3. The minimum atomic E-state index is 0. The van der Waals surface area contributed by atoms with Crippen molar-refractivity contribution in [2.45, 2.75) is 0 Å². The van der Waals surface area contributed by atoms with E-state index in [1.54, 1.807) is 0 Å². The van der Waals surface area contributed by atoms with Gasteiger partial charge >= 0.3 is 0 Å². The topological polar surface area (TPSA) is 73.9 Å². The highest BCUT2D eigenvalue weighted by Gasteiger charge is 2.03. The van der Waals surface area contributed by atoms with Crippen LogP contribution in [0.5, 0.6) is 0 Å². The Kier molecular flexibility index (Phi) is 2.46. The third-order valence-corrected chi connectivity index (χ3v) is 2.63. The van der Waals surface area contributed by atoms with E-state index in [1.165, 1.54) is 0 Å². The molecule has 0 atom stereocenters. The molecule has 1 aromatic heterocycles. The standard InChI is InChI=1S/C13H10N2.H3N/c14-13-9-5-1-3-7-11(9)15-12-8-4-2-6-10(12)13;/h1-8H,(H2,14,15);1H3. The van der Waals surface area contributed by atoms with Crippen LogP contribution in [0.25, 0.3) is 21.8 Å². The monoisotopic (exact) mass is 211 g/mol. The van der Waals surface area contributed by atoms with Crippen LogP contribution in [0.4, 0.5) is 5.69 Å². The third kappa shape index (κ3) is 1.38. The molecule has 1 heterocycles. The summed E-state index contributed by atoms with van der Waals surface area (Å²) in [6.07, 6.45) is 0. The molecule has 0 amide bonds. The summed E-state index contributed by atoms with van der Waals surface area (Å²) in [5.41, 5.74) is 8.84. The van der Waals surface area contributed by atoms with Gasteiger partial charge in [-0.1, -0.05) is 36.4 Å². The fourth-order valence-corrected chi connectivity index (χ4v) is 1.87. The average Bonchev–Trinajstić information content (AvgIpc) is 2.30. The zero-order valence-corrected chi connectivity index (χ0v) is 8.85. The molecular formula is C13H13N3. The molecule has 3 rings (SSSR count). The van der Waals surface area contributed by atoms with Crippen molar-refractivity contribution in [2.24, 2.45) is 0 Å². The van der Waals surface area contributed by atoms with E-state index in [0.717, 1.165) is 27.5 Å². The van der Waals surface area contributed by atoms with Crippen LogP contribution in [0.15, 0.2) is 48.5 Å². The Morgan fingerprint density at radius 3 is 1.69 bits per heavy atom. The number of hydrogen-bond donors (Lipinski definition) is 2. The predicted octanol–water partition coefficient (Wildman–Crippen LogP) is 3.13. The molecule has 2 aromatic carbocycles. The summed E-state index contributed by atoms with van der Waals surface area (Å²) in [4.78, 5) is 4.56. The second-order valence-electron chi connectivity index (χ2n) is 3.56. The second kappa shape index (κ2) is 3.79. The molecule has 3 heteroatoms. The van der Waals surface area contributed by atoms with Crippen LogP contribution < -0.4 is 11.9 Å². The van der Waals surface area contributed by atoms with Crippen molar-refractivity contribution in [3.8, 4) is 0 Å². The fraction of sp³-hybridized carbons (Fsp3) is 0. The lowest BCUT2D eigenvalue weighted by molar-refractivity contribution is 1.50. The fourth-order valence-electron chi connectivity index (χ4n) is 1.87. The zero-order valence-electron chi connectivity index (χ0n) is 8.85. The molecule has 5 N–H and O–H groups in total. The Morgan fingerprint density at radius 2 is 1.19 bits per heavy atom. The number of benzene rings is 2. The SMILES string of the molecule is N.Nc1c2ccccc2nc2ccccc12. The highest BCUT2D eigenvalue weighted by molar-refractivity contribution is 6.06. The lowest BCUT2D eigenvalue weighted by Crippen LogP contribution is -1.91. The van der Waals surface area contributed by atoms with Gasteiger partial charge in [0.25, 0.3) is 0 Å². The molecule has 0 unspecified atom stereocenters. The molecule has 0 bridgehead atoms. The number of pyridine rings is 1. The van der Waals surface area contributed by atoms with Crippen LogP contribution in [0.3, 0.4) is 0 Å². The van der Waals surface area contributed by atoms with Gasteiger partial charge in [-0.25, -0.2) is 4.98 Å². The van der Waals surface area contributed by atoms with Gasteiger partial charge in [0.15, 0.2) is 0 Å². The third-order valence-electron chi connectivity index (χ3n) is 2.63. The lowest BCUT2D eigenvalue weighted by atomic mass is 10.1. The van der Waals surface area contributed by atoms with Gasteiger partial charge in [-0.2, -0.15) is 0 Å². The molecule has 16 heavy (non-hydrogen) atoms. The first-order valence-electron chi connectivity index (χ1n) is 4.89. The maximum Gasteiger partial charge on any atom is 0.0730 e. The molecule has 0 aliphatic heterocycles. The van der Waals surface area contributed by atoms with Gasteiger partial charge in [0.2, 0.25) is 0 Å². The lowest BCUT2D eigenvalue weighted by Gasteiger charge is -2.05. The molecule has 0 spiro atoms. The smallest absolute Gasteiger partial charge is 0.0730 e. The minimum Gasteiger partial charge on any atom is -0.398 e. The maximum absolute atomic E-state index is 6.11. The van der Waals surface area contributed by atoms with Gasteiger partial charge in [0, 0.05) is 10.8 Å². The van der Waals surface area contributed by atoms with E-state index >= 15 is 0 Å². The average molecular weight is 211 g/mol. The molecule has 0 aliphatic rings. The van der Waals surface area contributed by atoms with Crippen LogP contribution in [0.2, 0.25) is 0 Å². The number of nitrogens with zero attached hydrogens (tertiary/aromatic N) is 1. The van der Waals surface area contributed by atoms with Gasteiger partial charge in [0.1, 0.15) is 0 Å². The number of nitrogen functional groups attached to an aromatic ring is 1. The number of fused-ring (bicyclic) bond motifs is 2. The molecule has 3 nitrogen and oxygen atoms in total. The zero-order chi connectivity index (χ0) is 10.3. The van der Waals surface area contributed by atoms with Gasteiger partial charge < -0.3 is 11.9 Å². The van der Waals surface area contributed by atoms with E-state index < -0.39 is 0 Å². The molecule has 0 aliphatic carbocycles. The Morgan fingerprint density at radius 1 is 0.750 bits per heavy atom. The van der Waals surface area contributed by atoms with E-state index in [9.17, 15) is 0 Å². The predicted molar refractivity (Wildman–Crippen MR) is 68.7 cm³/mol. The molecule has 0 fully saturated rings. The van der Waals surface area contributed by atoms with Gasteiger partial charge in [-0.05, 0) is 12.1 Å². The molecule has 80 valence electrons. The van der Waals surface area contributed by atoms with Crippen molar-refractivity contribution in [3.63, 3.8) is 0 Å². The molecule has 0 saturated heterocycles. The highest BCUT2D eigenvalue weighted by Crippen LogP contribution is 2.27. The quantitative estimate of drug-likeness (QED) is 0.561. The van der Waals surface area contributed by atoms with E-state index in [0.29, 0.717) is 0 Å². The van der Waals surface area contributed by atoms with Crippen LogP contribution in [0.1, 0.15) is 0 Å². The number of rotatable bonds is 0. The first-order valence-corrected chi connectivity index (χ1v) is 4.89. The van der Waals surface area contributed by atoms with Gasteiger partial charge in [0.05, 0.1) is 16.7 Å². The summed E-state index contributed by atoms with van der Waals surface area (Å²) in [5, 5.41) is 2.05. The van der Waals surface area contributed by atoms with Crippen molar-refractivity contribution < 1.29 is 0 Å². The van der Waals surface area contributed by atoms with E-state index in [-0.39, 0.29) is 6.15 Å². The summed E-state index contributed by atoms with van der Waals surface area (Å²) in [5.74, 6) is 0.